The standard InChI is InChI=1S/C8H14N8S2/c1-2-3-4(5-11-13-7(17)15(5)9)6-12-14-8(18)16(6)10/h4H,2-3,9-10H2,1H3,(H,13,17)(H,14,18). The number of nitrogens with two attached hydrogens (primary N) is 2. The molecule has 2 rings (SSSR count). The first-order chi connectivity index (χ1) is 8.56. The zero-order valence-electron chi connectivity index (χ0n) is 9.75. The van der Waals surface area contributed by atoms with Gasteiger partial charge in [0.1, 0.15) is 0 Å². The number of hydrogen-bond donors (Lipinski definition) is 4. The highest BCUT2D eigenvalue weighted by Gasteiger charge is 2.24. The van der Waals surface area contributed by atoms with Crippen LogP contribution in [0.5, 0.6) is 0 Å². The first-order valence-electron chi connectivity index (χ1n) is 5.41. The number of nitrogens with zero attached hydrogens (tertiary/aromatic N) is 4. The number of aromatic nitrogens is 6. The van der Waals surface area contributed by atoms with E-state index in [9.17, 15) is 0 Å². The van der Waals surface area contributed by atoms with Crippen molar-refractivity contribution in [2.75, 3.05) is 11.7 Å². The molecule has 0 fully saturated rings. The number of hydrogen-bond acceptors (Lipinski definition) is 6. The highest BCUT2D eigenvalue weighted by Crippen LogP contribution is 2.24. The summed E-state index contributed by atoms with van der Waals surface area (Å²) in [5.74, 6) is 12.7. The number of rotatable bonds is 4. The fraction of sp³-hybridized carbons (Fsp3) is 0.500. The monoisotopic (exact) mass is 286 g/mol. The topological polar surface area (TPSA) is 119 Å². The summed E-state index contributed by atoms with van der Waals surface area (Å²) >= 11 is 10.00. The van der Waals surface area contributed by atoms with E-state index in [1.807, 2.05) is 0 Å². The van der Waals surface area contributed by atoms with Crippen LogP contribution >= 0.6 is 24.4 Å². The lowest BCUT2D eigenvalue weighted by Gasteiger charge is -2.13. The lowest BCUT2D eigenvalue weighted by Crippen LogP contribution is -2.22. The van der Waals surface area contributed by atoms with Crippen LogP contribution in [0.1, 0.15) is 37.3 Å². The van der Waals surface area contributed by atoms with Crippen molar-refractivity contribution in [1.82, 2.24) is 29.7 Å². The molecule has 0 aliphatic heterocycles. The minimum Gasteiger partial charge on any atom is -0.335 e. The van der Waals surface area contributed by atoms with Gasteiger partial charge in [-0.15, -0.1) is 0 Å². The zero-order valence-corrected chi connectivity index (χ0v) is 11.4. The lowest BCUT2D eigenvalue weighted by molar-refractivity contribution is 0.591. The molecule has 6 N–H and O–H groups in total. The molecule has 2 heterocycles. The minimum absolute atomic E-state index is 0.161. The fourth-order valence-electron chi connectivity index (χ4n) is 1.79. The van der Waals surface area contributed by atoms with Gasteiger partial charge in [0.15, 0.2) is 11.6 Å². The molecule has 0 aliphatic carbocycles. The molecule has 0 aliphatic rings. The number of nitrogens with one attached hydrogen (secondary N) is 2. The van der Waals surface area contributed by atoms with Crippen LogP contribution in [0.4, 0.5) is 0 Å². The number of H-pyrrole nitrogens is 2. The van der Waals surface area contributed by atoms with Gasteiger partial charge in [-0.3, -0.25) is 10.2 Å². The molecule has 0 atom stereocenters. The summed E-state index contributed by atoms with van der Waals surface area (Å²) in [6, 6.07) is 0. The van der Waals surface area contributed by atoms with E-state index in [0.717, 1.165) is 12.8 Å². The summed E-state index contributed by atoms with van der Waals surface area (Å²) in [7, 11) is 0. The van der Waals surface area contributed by atoms with Gasteiger partial charge >= 0.3 is 0 Å². The number of nitrogen functional groups attached to an aromatic ring is 2. The molecule has 2 aromatic heterocycles. The third kappa shape index (κ3) is 2.04. The lowest BCUT2D eigenvalue weighted by atomic mass is 10.0. The summed E-state index contributed by atoms with van der Waals surface area (Å²) in [4.78, 5) is 0. The molecule has 0 unspecified atom stereocenters. The maximum Gasteiger partial charge on any atom is 0.214 e. The van der Waals surface area contributed by atoms with Crippen LogP contribution in [0.15, 0.2) is 0 Å². The molecule has 0 saturated carbocycles. The first kappa shape index (κ1) is 12.8. The summed E-state index contributed by atoms with van der Waals surface area (Å²) in [6.07, 6.45) is 1.71. The summed E-state index contributed by atoms with van der Waals surface area (Å²) in [6.45, 7) is 2.05. The van der Waals surface area contributed by atoms with Gasteiger partial charge in [0.2, 0.25) is 9.54 Å². The van der Waals surface area contributed by atoms with Gasteiger partial charge in [0.25, 0.3) is 0 Å². The zero-order chi connectivity index (χ0) is 13.3. The highest BCUT2D eigenvalue weighted by molar-refractivity contribution is 7.71. The van der Waals surface area contributed by atoms with Gasteiger partial charge in [-0.05, 0) is 30.9 Å². The molecule has 10 heteroatoms. The van der Waals surface area contributed by atoms with Crippen molar-refractivity contribution < 1.29 is 0 Å². The van der Waals surface area contributed by atoms with Crippen molar-refractivity contribution in [3.05, 3.63) is 21.2 Å². The highest BCUT2D eigenvalue weighted by atomic mass is 32.1. The predicted octanol–water partition coefficient (Wildman–Crippen LogP) is 0.554. The summed E-state index contributed by atoms with van der Waals surface area (Å²) in [5.41, 5.74) is 0. The Morgan fingerprint density at radius 2 is 1.56 bits per heavy atom. The first-order valence-corrected chi connectivity index (χ1v) is 6.22. The smallest absolute Gasteiger partial charge is 0.214 e. The third-order valence-corrected chi connectivity index (χ3v) is 3.24. The third-order valence-electron chi connectivity index (χ3n) is 2.66. The van der Waals surface area contributed by atoms with E-state index in [0.29, 0.717) is 21.2 Å². The van der Waals surface area contributed by atoms with Crippen molar-refractivity contribution >= 4 is 24.4 Å². The van der Waals surface area contributed by atoms with Gasteiger partial charge in [0.05, 0.1) is 5.92 Å². The van der Waals surface area contributed by atoms with Crippen LogP contribution in [0.3, 0.4) is 0 Å². The van der Waals surface area contributed by atoms with Crippen LogP contribution in [0, 0.1) is 9.54 Å². The van der Waals surface area contributed by atoms with Crippen molar-refractivity contribution in [2.24, 2.45) is 0 Å². The Kier molecular flexibility index (Phi) is 3.48. The maximum atomic E-state index is 5.83. The Morgan fingerprint density at radius 3 is 1.83 bits per heavy atom. The van der Waals surface area contributed by atoms with E-state index in [2.05, 4.69) is 27.3 Å². The molecule has 0 saturated heterocycles. The molecule has 18 heavy (non-hydrogen) atoms. The average Bonchev–Trinajstić information content (AvgIpc) is 2.84. The van der Waals surface area contributed by atoms with E-state index in [-0.39, 0.29) is 5.92 Å². The maximum absolute atomic E-state index is 5.83. The minimum atomic E-state index is -0.161. The molecule has 0 bridgehead atoms. The summed E-state index contributed by atoms with van der Waals surface area (Å²) < 4.78 is 3.36. The largest absolute Gasteiger partial charge is 0.335 e. The molecular weight excluding hydrogens is 272 g/mol. The van der Waals surface area contributed by atoms with E-state index < -0.39 is 0 Å². The fourth-order valence-corrected chi connectivity index (χ4v) is 2.07. The molecule has 0 aromatic carbocycles. The molecular formula is C8H14N8S2. The van der Waals surface area contributed by atoms with Crippen LogP contribution in [0.25, 0.3) is 0 Å². The second-order valence-corrected chi connectivity index (χ2v) is 4.63. The number of aromatic amines is 2. The molecule has 0 amide bonds. The Labute approximate surface area is 113 Å². The normalized spacial score (nSPS) is 11.2. The second kappa shape index (κ2) is 4.90. The molecule has 8 nitrogen and oxygen atoms in total. The average molecular weight is 286 g/mol. The Morgan fingerprint density at radius 1 is 1.11 bits per heavy atom. The van der Waals surface area contributed by atoms with Crippen LogP contribution in [0.2, 0.25) is 0 Å². The SMILES string of the molecule is CCCC(c1n[nH]c(=S)n1N)c1n[nH]c(=S)n1N. The van der Waals surface area contributed by atoms with Gasteiger partial charge in [0, 0.05) is 0 Å². The Bertz CT molecular complexity index is 592. The Hall–Kier alpha value is -1.68. The van der Waals surface area contributed by atoms with Gasteiger partial charge in [-0.1, -0.05) is 13.3 Å². The van der Waals surface area contributed by atoms with E-state index in [4.69, 9.17) is 36.1 Å². The van der Waals surface area contributed by atoms with Crippen molar-refractivity contribution in [1.29, 1.82) is 0 Å². The van der Waals surface area contributed by atoms with Gasteiger partial charge in [-0.2, -0.15) is 10.2 Å². The van der Waals surface area contributed by atoms with Gasteiger partial charge < -0.3 is 11.7 Å². The molecule has 98 valence electrons. The molecule has 0 radical (unpaired) electrons. The van der Waals surface area contributed by atoms with Crippen molar-refractivity contribution in [2.45, 2.75) is 25.7 Å². The van der Waals surface area contributed by atoms with Crippen molar-refractivity contribution in [3.63, 3.8) is 0 Å². The van der Waals surface area contributed by atoms with Crippen LogP contribution in [-0.4, -0.2) is 29.7 Å². The van der Waals surface area contributed by atoms with Crippen LogP contribution in [-0.2, 0) is 0 Å². The van der Waals surface area contributed by atoms with Crippen molar-refractivity contribution in [3.8, 4) is 0 Å². The quantitative estimate of drug-likeness (QED) is 0.481. The second-order valence-electron chi connectivity index (χ2n) is 3.86. The van der Waals surface area contributed by atoms with E-state index in [1.165, 1.54) is 9.35 Å². The van der Waals surface area contributed by atoms with Crippen LogP contribution < -0.4 is 11.7 Å². The summed E-state index contributed by atoms with van der Waals surface area (Å²) in [5, 5.41) is 13.5. The van der Waals surface area contributed by atoms with E-state index in [1.54, 1.807) is 0 Å². The molecule has 0 spiro atoms. The van der Waals surface area contributed by atoms with E-state index >= 15 is 0 Å². The van der Waals surface area contributed by atoms with Gasteiger partial charge in [-0.25, -0.2) is 9.35 Å². The molecule has 2 aromatic rings. The Balaban J connectivity index is 2.53. The predicted molar refractivity (Wildman–Crippen MR) is 71.9 cm³/mol.